The third kappa shape index (κ3) is 3.77. The van der Waals surface area contributed by atoms with E-state index in [-0.39, 0.29) is 30.4 Å². The number of carbonyl (C=O) groups excluding carboxylic acids is 2. The summed E-state index contributed by atoms with van der Waals surface area (Å²) in [6, 6.07) is 3.81. The van der Waals surface area contributed by atoms with Crippen LogP contribution in [0.4, 0.5) is 5.82 Å². The summed E-state index contributed by atoms with van der Waals surface area (Å²) in [6.07, 6.45) is 1.67. The van der Waals surface area contributed by atoms with Gasteiger partial charge in [-0.2, -0.15) is 0 Å². The second-order valence-electron chi connectivity index (χ2n) is 5.92. The second kappa shape index (κ2) is 5.58. The molecule has 0 saturated carbocycles. The molecule has 0 aliphatic carbocycles. The molecule has 6 nitrogen and oxygen atoms in total. The minimum Gasteiger partial charge on any atom is -0.338 e. The number of anilines is 1. The van der Waals surface area contributed by atoms with Crippen LogP contribution in [0.2, 0.25) is 0 Å². The van der Waals surface area contributed by atoms with Gasteiger partial charge in [0.1, 0.15) is 5.82 Å². The molecular weight excluding hydrogens is 256 g/mol. The summed E-state index contributed by atoms with van der Waals surface area (Å²) in [5.41, 5.74) is 0.965. The highest BCUT2D eigenvalue weighted by atomic mass is 16.2. The number of rotatable bonds is 3. The molecule has 1 fully saturated rings. The van der Waals surface area contributed by atoms with Crippen molar-refractivity contribution >= 4 is 17.6 Å². The predicted octanol–water partition coefficient (Wildman–Crippen LogP) is 0.432. The summed E-state index contributed by atoms with van der Waals surface area (Å²) in [5.74, 6) is 0.107. The lowest BCUT2D eigenvalue weighted by Crippen LogP contribution is -2.52. The zero-order chi connectivity index (χ0) is 14.8. The van der Waals surface area contributed by atoms with Gasteiger partial charge >= 0.3 is 0 Å². The van der Waals surface area contributed by atoms with E-state index < -0.39 is 0 Å². The molecular formula is C14H20N4O2. The van der Waals surface area contributed by atoms with Gasteiger partial charge in [-0.05, 0) is 26.8 Å². The molecule has 0 atom stereocenters. The van der Waals surface area contributed by atoms with Crippen LogP contribution in [0.5, 0.6) is 0 Å². The van der Waals surface area contributed by atoms with Gasteiger partial charge in [0.15, 0.2) is 0 Å². The number of aromatic nitrogens is 1. The number of hydrogen-bond donors (Lipinski definition) is 2. The lowest BCUT2D eigenvalue weighted by molar-refractivity contribution is -0.130. The standard InChI is InChI=1S/C14H20N4O2/c1-14(2,3)16-7-10-5-4-6-15-13(10)18-8-11(19)17-12(20)9-18/h4-6,16H,7-9H2,1-3H3,(H,17,19,20). The van der Waals surface area contributed by atoms with E-state index in [4.69, 9.17) is 0 Å². The van der Waals surface area contributed by atoms with E-state index in [1.54, 1.807) is 11.1 Å². The molecule has 108 valence electrons. The lowest BCUT2D eigenvalue weighted by atomic mass is 10.1. The summed E-state index contributed by atoms with van der Waals surface area (Å²) in [5, 5.41) is 5.68. The van der Waals surface area contributed by atoms with E-state index in [1.807, 2.05) is 12.1 Å². The Bertz CT molecular complexity index is 506. The molecule has 1 aromatic rings. The fourth-order valence-corrected chi connectivity index (χ4v) is 2.00. The van der Waals surface area contributed by atoms with Crippen molar-refractivity contribution in [2.75, 3.05) is 18.0 Å². The highest BCUT2D eigenvalue weighted by Gasteiger charge is 2.25. The third-order valence-electron chi connectivity index (χ3n) is 2.92. The van der Waals surface area contributed by atoms with Gasteiger partial charge in [-0.3, -0.25) is 14.9 Å². The van der Waals surface area contributed by atoms with Gasteiger partial charge in [0.05, 0.1) is 13.1 Å². The van der Waals surface area contributed by atoms with Gasteiger partial charge in [-0.25, -0.2) is 4.98 Å². The van der Waals surface area contributed by atoms with Crippen LogP contribution >= 0.6 is 0 Å². The molecule has 1 saturated heterocycles. The minimum atomic E-state index is -0.290. The van der Waals surface area contributed by atoms with Crippen molar-refractivity contribution in [3.8, 4) is 0 Å². The molecule has 2 heterocycles. The fourth-order valence-electron chi connectivity index (χ4n) is 2.00. The van der Waals surface area contributed by atoms with Crippen LogP contribution in [0.1, 0.15) is 26.3 Å². The van der Waals surface area contributed by atoms with E-state index in [0.717, 1.165) is 5.56 Å². The van der Waals surface area contributed by atoms with Gasteiger partial charge in [0.2, 0.25) is 11.8 Å². The molecule has 0 unspecified atom stereocenters. The maximum atomic E-state index is 11.5. The largest absolute Gasteiger partial charge is 0.338 e. The summed E-state index contributed by atoms with van der Waals surface area (Å²) in [6.45, 7) is 7.21. The highest BCUT2D eigenvalue weighted by molar-refractivity contribution is 6.02. The molecule has 0 aromatic carbocycles. The van der Waals surface area contributed by atoms with Gasteiger partial charge < -0.3 is 10.2 Å². The number of imide groups is 1. The fraction of sp³-hybridized carbons (Fsp3) is 0.500. The molecule has 1 aliphatic heterocycles. The van der Waals surface area contributed by atoms with Crippen molar-refractivity contribution in [1.82, 2.24) is 15.6 Å². The monoisotopic (exact) mass is 276 g/mol. The molecule has 2 N–H and O–H groups in total. The minimum absolute atomic E-state index is 0.0117. The Morgan fingerprint density at radius 3 is 2.55 bits per heavy atom. The van der Waals surface area contributed by atoms with Crippen LogP contribution in [0.3, 0.4) is 0 Å². The average Bonchev–Trinajstić information content (AvgIpc) is 2.34. The quantitative estimate of drug-likeness (QED) is 0.783. The highest BCUT2D eigenvalue weighted by Crippen LogP contribution is 2.18. The Labute approximate surface area is 118 Å². The van der Waals surface area contributed by atoms with Crippen LogP contribution in [0.15, 0.2) is 18.3 Å². The van der Waals surface area contributed by atoms with Crippen LogP contribution < -0.4 is 15.5 Å². The van der Waals surface area contributed by atoms with Crippen LogP contribution in [0.25, 0.3) is 0 Å². The molecule has 0 radical (unpaired) electrons. The van der Waals surface area contributed by atoms with Gasteiger partial charge in [0, 0.05) is 23.8 Å². The maximum Gasteiger partial charge on any atom is 0.246 e. The molecule has 1 aromatic heterocycles. The molecule has 6 heteroatoms. The third-order valence-corrected chi connectivity index (χ3v) is 2.92. The molecule has 0 spiro atoms. The number of nitrogens with zero attached hydrogens (tertiary/aromatic N) is 2. The molecule has 2 amide bonds. The van der Waals surface area contributed by atoms with Gasteiger partial charge in [-0.15, -0.1) is 0 Å². The Morgan fingerprint density at radius 1 is 1.30 bits per heavy atom. The van der Waals surface area contributed by atoms with Crippen molar-refractivity contribution in [2.45, 2.75) is 32.9 Å². The average molecular weight is 276 g/mol. The smallest absolute Gasteiger partial charge is 0.246 e. The van der Waals surface area contributed by atoms with Crippen LogP contribution in [0, 0.1) is 0 Å². The number of hydrogen-bond acceptors (Lipinski definition) is 5. The Morgan fingerprint density at radius 2 is 1.95 bits per heavy atom. The van der Waals surface area contributed by atoms with E-state index in [2.05, 4.69) is 36.4 Å². The first-order valence-electron chi connectivity index (χ1n) is 6.62. The number of pyridine rings is 1. The normalized spacial score (nSPS) is 16.2. The van der Waals surface area contributed by atoms with E-state index in [1.165, 1.54) is 0 Å². The van der Waals surface area contributed by atoms with E-state index in [9.17, 15) is 9.59 Å². The first kappa shape index (κ1) is 14.5. The Kier molecular flexibility index (Phi) is 4.04. The first-order chi connectivity index (χ1) is 9.35. The van der Waals surface area contributed by atoms with Gasteiger partial charge in [0.25, 0.3) is 0 Å². The molecule has 0 bridgehead atoms. The van der Waals surface area contributed by atoms with Crippen LogP contribution in [-0.2, 0) is 16.1 Å². The Balaban J connectivity index is 2.19. The summed E-state index contributed by atoms with van der Waals surface area (Å²) >= 11 is 0. The molecule has 20 heavy (non-hydrogen) atoms. The molecule has 1 aliphatic rings. The van der Waals surface area contributed by atoms with Crippen molar-refractivity contribution in [1.29, 1.82) is 0 Å². The Hall–Kier alpha value is -1.95. The van der Waals surface area contributed by atoms with Crippen molar-refractivity contribution < 1.29 is 9.59 Å². The summed E-state index contributed by atoms with van der Waals surface area (Å²) < 4.78 is 0. The van der Waals surface area contributed by atoms with Crippen LogP contribution in [-0.4, -0.2) is 35.4 Å². The van der Waals surface area contributed by atoms with Crippen molar-refractivity contribution in [2.24, 2.45) is 0 Å². The number of carbonyl (C=O) groups is 2. The number of nitrogens with one attached hydrogen (secondary N) is 2. The number of piperazine rings is 1. The number of amides is 2. The first-order valence-corrected chi connectivity index (χ1v) is 6.62. The SMILES string of the molecule is CC(C)(C)NCc1cccnc1N1CC(=O)NC(=O)C1. The maximum absolute atomic E-state index is 11.5. The van der Waals surface area contributed by atoms with E-state index in [0.29, 0.717) is 12.4 Å². The van der Waals surface area contributed by atoms with Gasteiger partial charge in [-0.1, -0.05) is 6.07 Å². The predicted molar refractivity (Wildman–Crippen MR) is 76.2 cm³/mol. The van der Waals surface area contributed by atoms with Crippen molar-refractivity contribution in [3.63, 3.8) is 0 Å². The van der Waals surface area contributed by atoms with Crippen molar-refractivity contribution in [3.05, 3.63) is 23.9 Å². The lowest BCUT2D eigenvalue weighted by Gasteiger charge is -2.29. The zero-order valence-corrected chi connectivity index (χ0v) is 12.1. The molecule has 2 rings (SSSR count). The zero-order valence-electron chi connectivity index (χ0n) is 12.1. The van der Waals surface area contributed by atoms with E-state index >= 15 is 0 Å². The summed E-state index contributed by atoms with van der Waals surface area (Å²) in [7, 11) is 0. The topological polar surface area (TPSA) is 74.3 Å². The summed E-state index contributed by atoms with van der Waals surface area (Å²) in [4.78, 5) is 29.0. The second-order valence-corrected chi connectivity index (χ2v) is 5.92.